The van der Waals surface area contributed by atoms with E-state index in [0.717, 1.165) is 0 Å². The zero-order chi connectivity index (χ0) is 19.1. The molecule has 1 saturated heterocycles. The standard InChI is InChI=1S/C13H16B3BrClN5O2S/c1-25-7-5(17)4-20-11(22-7)23-8-6(18)21-10(26-8)12(13(14,15)16)2-3-19-9(12)24/h4H,2-3,14-16H2,1H3,(H,19,24)(H,20,22,23)/t12-/m1/s1. The molecule has 0 saturated carbocycles. The van der Waals surface area contributed by atoms with Gasteiger partial charge in [0.25, 0.3) is 0 Å². The highest BCUT2D eigenvalue weighted by molar-refractivity contribution is 9.10. The summed E-state index contributed by atoms with van der Waals surface area (Å²) in [7, 11) is 7.66. The van der Waals surface area contributed by atoms with Crippen LogP contribution in [-0.2, 0) is 10.2 Å². The quantitative estimate of drug-likeness (QED) is 0.611. The summed E-state index contributed by atoms with van der Waals surface area (Å²) in [5, 5.41) is 7.28. The highest BCUT2D eigenvalue weighted by atomic mass is 79.9. The third-order valence-corrected chi connectivity index (χ3v) is 6.60. The first-order valence-electron chi connectivity index (χ1n) is 7.97. The van der Waals surface area contributed by atoms with Gasteiger partial charge in [-0.3, -0.25) is 4.79 Å². The fourth-order valence-corrected chi connectivity index (χ4v) is 5.01. The van der Waals surface area contributed by atoms with Crippen LogP contribution in [0.25, 0.3) is 0 Å². The van der Waals surface area contributed by atoms with Crippen LogP contribution >= 0.6 is 38.9 Å². The van der Waals surface area contributed by atoms with Crippen molar-refractivity contribution in [2.45, 2.75) is 16.9 Å². The van der Waals surface area contributed by atoms with Gasteiger partial charge in [0, 0.05) is 6.54 Å². The largest absolute Gasteiger partial charge is 0.480 e. The smallest absolute Gasteiger partial charge is 0.232 e. The van der Waals surface area contributed by atoms with E-state index in [1.54, 1.807) is 6.20 Å². The molecule has 0 bridgehead atoms. The van der Waals surface area contributed by atoms with Crippen molar-refractivity contribution in [1.82, 2.24) is 20.3 Å². The van der Waals surface area contributed by atoms with Crippen LogP contribution in [0.1, 0.15) is 11.4 Å². The number of carbonyl (C=O) groups is 1. The molecule has 13 heteroatoms. The Bertz CT molecular complexity index is 865. The lowest BCUT2D eigenvalue weighted by Crippen LogP contribution is -2.47. The Morgan fingerprint density at radius 1 is 1.46 bits per heavy atom. The van der Waals surface area contributed by atoms with Crippen LogP contribution in [0.2, 0.25) is 10.3 Å². The number of methoxy groups -OCH3 is 1. The first-order valence-corrected chi connectivity index (χ1v) is 9.96. The number of nitrogens with one attached hydrogen (secondary N) is 2. The minimum absolute atomic E-state index is 0.0106. The lowest BCUT2D eigenvalue weighted by molar-refractivity contribution is -0.123. The van der Waals surface area contributed by atoms with Gasteiger partial charge in [0.15, 0.2) is 5.15 Å². The summed E-state index contributed by atoms with van der Waals surface area (Å²) in [6.07, 6.45) is 2.27. The lowest BCUT2D eigenvalue weighted by atomic mass is 9.32. The molecular weight excluding hydrogens is 438 g/mol. The SMILES string of the molecule is BC(B)(B)[C@]1(c2nc(Cl)c(Nc3ncc(Br)c(OC)n3)s2)CCNC1=O. The van der Waals surface area contributed by atoms with Gasteiger partial charge < -0.3 is 15.4 Å². The molecule has 1 fully saturated rings. The van der Waals surface area contributed by atoms with Crippen molar-refractivity contribution < 1.29 is 9.53 Å². The number of ether oxygens (including phenoxy) is 1. The van der Waals surface area contributed by atoms with Crippen molar-refractivity contribution in [3.63, 3.8) is 0 Å². The number of thiazole rings is 1. The topological polar surface area (TPSA) is 89.0 Å². The summed E-state index contributed by atoms with van der Waals surface area (Å²) in [5.41, 5.74) is -0.709. The summed E-state index contributed by atoms with van der Waals surface area (Å²) >= 11 is 11.0. The first-order chi connectivity index (χ1) is 12.2. The fourth-order valence-electron chi connectivity index (χ4n) is 3.09. The fraction of sp³-hybridized carbons (Fsp3) is 0.385. The van der Waals surface area contributed by atoms with Crippen LogP contribution in [0.15, 0.2) is 10.7 Å². The number of rotatable bonds is 5. The van der Waals surface area contributed by atoms with Gasteiger partial charge in [0.05, 0.1) is 46.7 Å². The number of hydrogen-bond donors (Lipinski definition) is 2. The Morgan fingerprint density at radius 2 is 2.19 bits per heavy atom. The normalized spacial score (nSPS) is 20.0. The van der Waals surface area contributed by atoms with Crippen LogP contribution in [0.4, 0.5) is 10.9 Å². The van der Waals surface area contributed by atoms with Gasteiger partial charge in [-0.1, -0.05) is 28.1 Å². The van der Waals surface area contributed by atoms with Gasteiger partial charge in [-0.05, 0) is 22.4 Å². The molecule has 0 unspecified atom stereocenters. The van der Waals surface area contributed by atoms with E-state index in [1.807, 2.05) is 23.5 Å². The van der Waals surface area contributed by atoms with Crippen LogP contribution < -0.4 is 15.4 Å². The molecule has 134 valence electrons. The number of carbonyl (C=O) groups excluding carboxylic acids is 1. The lowest BCUT2D eigenvalue weighted by Gasteiger charge is -2.37. The molecule has 7 nitrogen and oxygen atoms in total. The molecule has 0 spiro atoms. The van der Waals surface area contributed by atoms with E-state index in [9.17, 15) is 4.79 Å². The summed E-state index contributed by atoms with van der Waals surface area (Å²) in [5.74, 6) is 0.732. The Morgan fingerprint density at radius 3 is 2.77 bits per heavy atom. The number of amides is 1. The Hall–Kier alpha value is -1.26. The van der Waals surface area contributed by atoms with E-state index in [-0.39, 0.29) is 11.0 Å². The Kier molecular flexibility index (Phi) is 5.29. The Balaban J connectivity index is 1.98. The zero-order valence-corrected chi connectivity index (χ0v) is 18.0. The van der Waals surface area contributed by atoms with Crippen molar-refractivity contribution in [3.05, 3.63) is 20.8 Å². The van der Waals surface area contributed by atoms with Crippen LogP contribution in [0, 0.1) is 0 Å². The van der Waals surface area contributed by atoms with E-state index in [4.69, 9.17) is 16.3 Å². The summed E-state index contributed by atoms with van der Waals surface area (Å²) in [6, 6.07) is 0. The molecule has 1 amide bonds. The average Bonchev–Trinajstić information content (AvgIpc) is 3.12. The van der Waals surface area contributed by atoms with Gasteiger partial charge in [-0.25, -0.2) is 9.97 Å². The first kappa shape index (κ1) is 19.5. The van der Waals surface area contributed by atoms with E-state index >= 15 is 0 Å². The second kappa shape index (κ2) is 7.05. The van der Waals surface area contributed by atoms with Crippen molar-refractivity contribution in [2.75, 3.05) is 19.0 Å². The highest BCUT2D eigenvalue weighted by Crippen LogP contribution is 2.49. The predicted octanol–water partition coefficient (Wildman–Crippen LogP) is -0.168. The third-order valence-electron chi connectivity index (χ3n) is 4.54. The molecule has 0 aromatic carbocycles. The van der Waals surface area contributed by atoms with Crippen LogP contribution in [-0.4, -0.2) is 58.1 Å². The second-order valence-electron chi connectivity index (χ2n) is 6.98. The van der Waals surface area contributed by atoms with Crippen molar-refractivity contribution in [1.29, 1.82) is 0 Å². The molecule has 0 radical (unpaired) electrons. The molecule has 0 aliphatic carbocycles. The minimum atomic E-state index is -0.709. The van der Waals surface area contributed by atoms with Crippen LogP contribution in [0.5, 0.6) is 5.88 Å². The van der Waals surface area contributed by atoms with Gasteiger partial charge in [0.1, 0.15) is 10.0 Å². The number of nitrogens with zero attached hydrogens (tertiary/aromatic N) is 3. The monoisotopic (exact) mass is 453 g/mol. The predicted molar refractivity (Wildman–Crippen MR) is 114 cm³/mol. The molecular formula is C13H16B3BrClN5O2S. The molecule has 1 atom stereocenters. The van der Waals surface area contributed by atoms with Gasteiger partial charge in [0.2, 0.25) is 17.7 Å². The number of anilines is 2. The van der Waals surface area contributed by atoms with E-state index in [0.29, 0.717) is 44.4 Å². The molecule has 2 aromatic rings. The highest BCUT2D eigenvalue weighted by Gasteiger charge is 2.54. The molecule has 2 N–H and O–H groups in total. The maximum Gasteiger partial charge on any atom is 0.232 e. The second-order valence-corrected chi connectivity index (χ2v) is 9.19. The summed E-state index contributed by atoms with van der Waals surface area (Å²) in [6.45, 7) is 0.628. The molecule has 1 aliphatic rings. The van der Waals surface area contributed by atoms with E-state index in [2.05, 4.69) is 41.5 Å². The molecule has 1 aliphatic heterocycles. The van der Waals surface area contributed by atoms with Crippen molar-refractivity contribution >= 4 is 79.3 Å². The zero-order valence-electron chi connectivity index (χ0n) is 14.8. The maximum atomic E-state index is 12.7. The number of halogens is 2. The number of aromatic nitrogens is 3. The molecule has 26 heavy (non-hydrogen) atoms. The van der Waals surface area contributed by atoms with Crippen molar-refractivity contribution in [2.24, 2.45) is 0 Å². The minimum Gasteiger partial charge on any atom is -0.480 e. The molecule has 2 aromatic heterocycles. The van der Waals surface area contributed by atoms with E-state index in [1.165, 1.54) is 18.4 Å². The van der Waals surface area contributed by atoms with Crippen LogP contribution in [0.3, 0.4) is 0 Å². The number of hydrogen-bond acceptors (Lipinski definition) is 7. The molecule has 3 heterocycles. The molecule has 3 rings (SSSR count). The Labute approximate surface area is 171 Å². The van der Waals surface area contributed by atoms with Crippen molar-refractivity contribution in [3.8, 4) is 5.88 Å². The van der Waals surface area contributed by atoms with Gasteiger partial charge in [-0.15, -0.1) is 0 Å². The summed E-state index contributed by atoms with van der Waals surface area (Å²) in [4.78, 5) is 25.7. The van der Waals surface area contributed by atoms with Gasteiger partial charge in [-0.2, -0.15) is 4.98 Å². The van der Waals surface area contributed by atoms with E-state index < -0.39 is 5.41 Å². The average molecular weight is 454 g/mol. The summed E-state index contributed by atoms with van der Waals surface area (Å²) < 4.78 is 5.83. The van der Waals surface area contributed by atoms with Gasteiger partial charge >= 0.3 is 0 Å². The maximum absolute atomic E-state index is 12.7. The third kappa shape index (κ3) is 3.23.